The van der Waals surface area contributed by atoms with Gasteiger partial charge in [-0.15, -0.1) is 22.9 Å². The van der Waals surface area contributed by atoms with Gasteiger partial charge in [-0.25, -0.2) is 0 Å². The van der Waals surface area contributed by atoms with Gasteiger partial charge in [0.2, 0.25) is 0 Å². The number of ether oxygens (including phenoxy) is 1. The molecule has 0 fully saturated rings. The van der Waals surface area contributed by atoms with Crippen LogP contribution in [0.15, 0.2) is 47.8 Å². The van der Waals surface area contributed by atoms with Crippen LogP contribution in [0.4, 0.5) is 0 Å². The summed E-state index contributed by atoms with van der Waals surface area (Å²) in [6.07, 6.45) is 0. The molecule has 20 heavy (non-hydrogen) atoms. The van der Waals surface area contributed by atoms with Crippen molar-refractivity contribution in [3.05, 3.63) is 63.8 Å². The van der Waals surface area contributed by atoms with E-state index in [1.165, 1.54) is 21.2 Å². The highest BCUT2D eigenvalue weighted by Crippen LogP contribution is 2.36. The fourth-order valence-corrected chi connectivity index (χ4v) is 3.71. The zero-order chi connectivity index (χ0) is 14.1. The minimum Gasteiger partial charge on any atom is -0.497 e. The van der Waals surface area contributed by atoms with Gasteiger partial charge in [0.05, 0.1) is 12.5 Å². The SMILES string of the molecule is COc1ccc2cc(C(Cl)c3sccc3C)ccc2c1. The molecule has 1 unspecified atom stereocenters. The maximum Gasteiger partial charge on any atom is 0.119 e. The predicted molar refractivity (Wildman–Crippen MR) is 87.3 cm³/mol. The van der Waals surface area contributed by atoms with Gasteiger partial charge in [0, 0.05) is 4.88 Å². The molecule has 0 bridgehead atoms. The number of halogens is 1. The zero-order valence-corrected chi connectivity index (χ0v) is 13.0. The van der Waals surface area contributed by atoms with Crippen LogP contribution in [0.3, 0.4) is 0 Å². The summed E-state index contributed by atoms with van der Waals surface area (Å²) in [7, 11) is 1.68. The van der Waals surface area contributed by atoms with Crippen LogP contribution in [0, 0.1) is 6.92 Å². The molecule has 0 amide bonds. The predicted octanol–water partition coefficient (Wildman–Crippen LogP) is 5.55. The molecule has 0 radical (unpaired) electrons. The Morgan fingerprint density at radius 3 is 2.50 bits per heavy atom. The first-order chi connectivity index (χ1) is 9.69. The maximum atomic E-state index is 6.62. The summed E-state index contributed by atoms with van der Waals surface area (Å²) in [5.74, 6) is 0.877. The lowest BCUT2D eigenvalue weighted by atomic mass is 10.0. The lowest BCUT2D eigenvalue weighted by molar-refractivity contribution is 0.415. The Hall–Kier alpha value is -1.51. The average Bonchev–Trinajstić information content (AvgIpc) is 2.91. The first kappa shape index (κ1) is 13.5. The highest BCUT2D eigenvalue weighted by Gasteiger charge is 2.14. The van der Waals surface area contributed by atoms with Crippen LogP contribution in [0.25, 0.3) is 10.8 Å². The van der Waals surface area contributed by atoms with Gasteiger partial charge >= 0.3 is 0 Å². The Kier molecular flexibility index (Phi) is 3.68. The molecule has 1 atom stereocenters. The molecule has 1 nitrogen and oxygen atoms in total. The monoisotopic (exact) mass is 302 g/mol. The first-order valence-electron chi connectivity index (χ1n) is 6.45. The van der Waals surface area contributed by atoms with E-state index in [0.29, 0.717) is 0 Å². The standard InChI is InChI=1S/C17H15ClOS/c1-11-7-8-20-17(11)16(18)14-4-3-13-10-15(19-2)6-5-12(13)9-14/h3-10,16H,1-2H3. The summed E-state index contributed by atoms with van der Waals surface area (Å²) in [4.78, 5) is 1.22. The van der Waals surface area contributed by atoms with Crippen molar-refractivity contribution in [1.29, 1.82) is 0 Å². The van der Waals surface area contributed by atoms with Crippen LogP contribution in [-0.2, 0) is 0 Å². The third-order valence-corrected chi connectivity index (χ3v) is 5.18. The molecule has 0 spiro atoms. The minimum atomic E-state index is -0.0819. The van der Waals surface area contributed by atoms with Crippen molar-refractivity contribution in [3.8, 4) is 5.75 Å². The second kappa shape index (κ2) is 5.47. The Labute approximate surface area is 127 Å². The minimum absolute atomic E-state index is 0.0819. The molecule has 1 heterocycles. The summed E-state index contributed by atoms with van der Waals surface area (Å²) in [5.41, 5.74) is 2.39. The summed E-state index contributed by atoms with van der Waals surface area (Å²) >= 11 is 8.33. The summed E-state index contributed by atoms with van der Waals surface area (Å²) in [6.45, 7) is 2.10. The smallest absolute Gasteiger partial charge is 0.119 e. The van der Waals surface area contributed by atoms with Crippen LogP contribution in [0.5, 0.6) is 5.75 Å². The second-order valence-corrected chi connectivity index (χ2v) is 6.19. The fourth-order valence-electron chi connectivity index (χ4n) is 2.32. The Balaban J connectivity index is 2.03. The maximum absolute atomic E-state index is 6.62. The number of aryl methyl sites for hydroxylation is 1. The largest absolute Gasteiger partial charge is 0.497 e. The quantitative estimate of drug-likeness (QED) is 0.577. The van der Waals surface area contributed by atoms with Crippen LogP contribution < -0.4 is 4.74 Å². The Morgan fingerprint density at radius 1 is 1.05 bits per heavy atom. The molecular weight excluding hydrogens is 288 g/mol. The van der Waals surface area contributed by atoms with Gasteiger partial charge in [0.1, 0.15) is 5.75 Å². The number of methoxy groups -OCH3 is 1. The molecule has 0 N–H and O–H groups in total. The summed E-state index contributed by atoms with van der Waals surface area (Å²) < 4.78 is 5.25. The van der Waals surface area contributed by atoms with E-state index in [2.05, 4.69) is 42.6 Å². The van der Waals surface area contributed by atoms with Crippen molar-refractivity contribution in [2.24, 2.45) is 0 Å². The van der Waals surface area contributed by atoms with Crippen molar-refractivity contribution in [2.45, 2.75) is 12.3 Å². The molecule has 3 aromatic rings. The van der Waals surface area contributed by atoms with Gasteiger partial charge < -0.3 is 4.74 Å². The highest BCUT2D eigenvalue weighted by molar-refractivity contribution is 7.10. The first-order valence-corrected chi connectivity index (χ1v) is 7.76. The third kappa shape index (κ3) is 2.41. The lowest BCUT2D eigenvalue weighted by Crippen LogP contribution is -1.92. The number of benzene rings is 2. The van der Waals surface area contributed by atoms with Gasteiger partial charge in [-0.1, -0.05) is 18.2 Å². The Morgan fingerprint density at radius 2 is 1.80 bits per heavy atom. The molecule has 2 aromatic carbocycles. The van der Waals surface area contributed by atoms with E-state index >= 15 is 0 Å². The van der Waals surface area contributed by atoms with E-state index in [-0.39, 0.29) is 5.38 Å². The van der Waals surface area contributed by atoms with Gasteiger partial charge in [-0.2, -0.15) is 0 Å². The number of fused-ring (bicyclic) bond motifs is 1. The summed E-state index contributed by atoms with van der Waals surface area (Å²) in [5, 5.41) is 4.36. The van der Waals surface area contributed by atoms with Crippen molar-refractivity contribution in [2.75, 3.05) is 7.11 Å². The van der Waals surface area contributed by atoms with Crippen molar-refractivity contribution in [3.63, 3.8) is 0 Å². The number of hydrogen-bond acceptors (Lipinski definition) is 2. The van der Waals surface area contributed by atoms with E-state index in [4.69, 9.17) is 16.3 Å². The molecule has 0 saturated carbocycles. The highest BCUT2D eigenvalue weighted by atomic mass is 35.5. The molecule has 1 aromatic heterocycles. The number of alkyl halides is 1. The molecule has 0 aliphatic carbocycles. The van der Waals surface area contributed by atoms with Gasteiger partial charge in [0.15, 0.2) is 0 Å². The zero-order valence-electron chi connectivity index (χ0n) is 11.4. The van der Waals surface area contributed by atoms with Crippen LogP contribution in [-0.4, -0.2) is 7.11 Å². The topological polar surface area (TPSA) is 9.23 Å². The molecule has 0 aliphatic heterocycles. The number of thiophene rings is 1. The van der Waals surface area contributed by atoms with E-state index < -0.39 is 0 Å². The van der Waals surface area contributed by atoms with Gasteiger partial charge in [-0.05, 0) is 58.5 Å². The van der Waals surface area contributed by atoms with Gasteiger partial charge in [-0.3, -0.25) is 0 Å². The van der Waals surface area contributed by atoms with Crippen LogP contribution in [0.2, 0.25) is 0 Å². The van der Waals surface area contributed by atoms with Crippen molar-refractivity contribution >= 4 is 33.7 Å². The molecule has 102 valence electrons. The molecular formula is C17H15ClOS. The fraction of sp³-hybridized carbons (Fsp3) is 0.176. The molecule has 3 rings (SSSR count). The average molecular weight is 303 g/mol. The van der Waals surface area contributed by atoms with Crippen molar-refractivity contribution in [1.82, 2.24) is 0 Å². The molecule has 3 heteroatoms. The normalized spacial score (nSPS) is 12.6. The number of rotatable bonds is 3. The molecule has 0 aliphatic rings. The van der Waals surface area contributed by atoms with Crippen LogP contribution >= 0.6 is 22.9 Å². The molecule has 0 saturated heterocycles. The lowest BCUT2D eigenvalue weighted by Gasteiger charge is -2.11. The van der Waals surface area contributed by atoms with E-state index in [0.717, 1.165) is 11.3 Å². The number of hydrogen-bond donors (Lipinski definition) is 0. The van der Waals surface area contributed by atoms with E-state index in [9.17, 15) is 0 Å². The summed E-state index contributed by atoms with van der Waals surface area (Å²) in [6, 6.07) is 14.6. The van der Waals surface area contributed by atoms with E-state index in [1.807, 2.05) is 12.1 Å². The third-order valence-electron chi connectivity index (χ3n) is 3.50. The van der Waals surface area contributed by atoms with Crippen LogP contribution in [0.1, 0.15) is 21.4 Å². The Bertz CT molecular complexity index is 748. The second-order valence-electron chi connectivity index (χ2n) is 4.80. The van der Waals surface area contributed by atoms with Gasteiger partial charge in [0.25, 0.3) is 0 Å². The van der Waals surface area contributed by atoms with Crippen molar-refractivity contribution < 1.29 is 4.74 Å². The van der Waals surface area contributed by atoms with E-state index in [1.54, 1.807) is 18.4 Å².